The van der Waals surface area contributed by atoms with Crippen LogP contribution < -0.4 is 11.5 Å². The molecule has 26 heavy (non-hydrogen) atoms. The number of nitrogens with zero attached hydrogens (tertiary/aromatic N) is 2. The van der Waals surface area contributed by atoms with Crippen molar-refractivity contribution in [1.82, 2.24) is 9.80 Å². The number of hydrogen-bond acceptors (Lipinski definition) is 6. The van der Waals surface area contributed by atoms with E-state index < -0.39 is 5.60 Å². The number of benzene rings is 1. The van der Waals surface area contributed by atoms with Crippen LogP contribution >= 0.6 is 0 Å². The molecule has 8 heteroatoms. The van der Waals surface area contributed by atoms with E-state index in [4.69, 9.17) is 16.2 Å². The lowest BCUT2D eigenvalue weighted by Crippen LogP contribution is -2.49. The van der Waals surface area contributed by atoms with Crippen LogP contribution in [0.5, 0.6) is 0 Å². The molecule has 0 spiro atoms. The van der Waals surface area contributed by atoms with Crippen LogP contribution in [0.1, 0.15) is 54.3 Å². The number of hydrogen-bond donors (Lipinski definition) is 2. The fourth-order valence-electron chi connectivity index (χ4n) is 3.30. The van der Waals surface area contributed by atoms with Crippen LogP contribution in [0.3, 0.4) is 0 Å². The zero-order chi connectivity index (χ0) is 19.2. The van der Waals surface area contributed by atoms with Gasteiger partial charge >= 0.3 is 6.09 Å². The number of carbonyl (C=O) groups is 3. The minimum absolute atomic E-state index is 0.261. The number of fused-ring (bicyclic) bond motifs is 1. The van der Waals surface area contributed by atoms with E-state index in [0.717, 1.165) is 0 Å². The maximum Gasteiger partial charge on any atom is 0.410 e. The van der Waals surface area contributed by atoms with Crippen LogP contribution in [0.4, 0.5) is 16.2 Å². The van der Waals surface area contributed by atoms with Gasteiger partial charge in [-0.05, 0) is 45.7 Å². The first-order valence-corrected chi connectivity index (χ1v) is 8.63. The topological polar surface area (TPSA) is 119 Å². The Morgan fingerprint density at radius 3 is 1.92 bits per heavy atom. The molecule has 2 aliphatic heterocycles. The van der Waals surface area contributed by atoms with Gasteiger partial charge < -0.3 is 21.1 Å². The van der Waals surface area contributed by atoms with Crippen molar-refractivity contribution in [1.29, 1.82) is 0 Å². The molecule has 1 fully saturated rings. The van der Waals surface area contributed by atoms with E-state index in [1.165, 1.54) is 17.0 Å². The van der Waals surface area contributed by atoms with E-state index in [0.29, 0.717) is 25.9 Å². The molecule has 0 saturated carbocycles. The molecule has 1 aromatic rings. The molecule has 1 aromatic carbocycles. The van der Waals surface area contributed by atoms with Gasteiger partial charge in [0, 0.05) is 19.1 Å². The molecule has 8 nitrogen and oxygen atoms in total. The van der Waals surface area contributed by atoms with Crippen LogP contribution in [-0.4, -0.2) is 52.4 Å². The van der Waals surface area contributed by atoms with Gasteiger partial charge in [-0.1, -0.05) is 0 Å². The molecule has 0 unspecified atom stereocenters. The van der Waals surface area contributed by atoms with Gasteiger partial charge in [-0.15, -0.1) is 0 Å². The molecule has 3 rings (SSSR count). The summed E-state index contributed by atoms with van der Waals surface area (Å²) in [5, 5.41) is 0. The highest BCUT2D eigenvalue weighted by Gasteiger charge is 2.42. The molecule has 4 N–H and O–H groups in total. The standard InChI is InChI=1S/C18H24N4O4/c1-18(2,3)26-17(25)21-6-4-10(5-7-21)22-15(23)11-8-13(19)14(20)9-12(11)16(22)24/h8-10H,4-7,19-20H2,1-3H3. The Bertz CT molecular complexity index is 735. The maximum absolute atomic E-state index is 12.7. The number of ether oxygens (including phenoxy) is 1. The first-order chi connectivity index (χ1) is 12.1. The predicted molar refractivity (Wildman–Crippen MR) is 96.6 cm³/mol. The summed E-state index contributed by atoms with van der Waals surface area (Å²) >= 11 is 0. The lowest BCUT2D eigenvalue weighted by atomic mass is 10.0. The van der Waals surface area contributed by atoms with Crippen molar-refractivity contribution in [3.63, 3.8) is 0 Å². The average molecular weight is 360 g/mol. The van der Waals surface area contributed by atoms with Gasteiger partial charge in [-0.25, -0.2) is 4.79 Å². The first kappa shape index (κ1) is 18.0. The van der Waals surface area contributed by atoms with Gasteiger partial charge in [0.15, 0.2) is 0 Å². The molecule has 0 aliphatic carbocycles. The number of piperidine rings is 1. The van der Waals surface area contributed by atoms with Crippen molar-refractivity contribution in [3.05, 3.63) is 23.3 Å². The second-order valence-corrected chi connectivity index (χ2v) is 7.71. The van der Waals surface area contributed by atoms with Crippen molar-refractivity contribution < 1.29 is 19.1 Å². The number of carbonyl (C=O) groups excluding carboxylic acids is 3. The number of nitrogen functional groups attached to an aromatic ring is 2. The molecule has 3 amide bonds. The summed E-state index contributed by atoms with van der Waals surface area (Å²) in [6.45, 7) is 6.30. The summed E-state index contributed by atoms with van der Waals surface area (Å²) in [7, 11) is 0. The van der Waals surface area contributed by atoms with Crippen molar-refractivity contribution in [2.24, 2.45) is 0 Å². The molecule has 140 valence electrons. The summed E-state index contributed by atoms with van der Waals surface area (Å²) in [5.74, 6) is -0.708. The number of amides is 3. The third-order valence-electron chi connectivity index (χ3n) is 4.60. The highest BCUT2D eigenvalue weighted by atomic mass is 16.6. The zero-order valence-electron chi connectivity index (χ0n) is 15.2. The minimum atomic E-state index is -0.559. The lowest BCUT2D eigenvalue weighted by molar-refractivity contribution is 0.0156. The normalized spacial score (nSPS) is 18.3. The van der Waals surface area contributed by atoms with E-state index in [2.05, 4.69) is 0 Å². The van der Waals surface area contributed by atoms with Gasteiger partial charge in [-0.3, -0.25) is 14.5 Å². The summed E-state index contributed by atoms with van der Waals surface area (Å²) < 4.78 is 5.37. The van der Waals surface area contributed by atoms with Crippen LogP contribution in [-0.2, 0) is 4.74 Å². The van der Waals surface area contributed by atoms with Crippen LogP contribution in [0.25, 0.3) is 0 Å². The largest absolute Gasteiger partial charge is 0.444 e. The van der Waals surface area contributed by atoms with Crippen LogP contribution in [0, 0.1) is 0 Å². The Labute approximate surface area is 152 Å². The molecule has 0 aromatic heterocycles. The van der Waals surface area contributed by atoms with E-state index in [1.54, 1.807) is 4.90 Å². The van der Waals surface area contributed by atoms with E-state index in [-0.39, 0.29) is 46.5 Å². The summed E-state index contributed by atoms with van der Waals surface area (Å²) in [5.41, 5.74) is 12.1. The second kappa shape index (κ2) is 6.19. The van der Waals surface area contributed by atoms with Crippen molar-refractivity contribution in [2.45, 2.75) is 45.3 Å². The third kappa shape index (κ3) is 3.18. The Kier molecular flexibility index (Phi) is 4.29. The fourth-order valence-corrected chi connectivity index (χ4v) is 3.30. The monoisotopic (exact) mass is 360 g/mol. The number of likely N-dealkylation sites (tertiary alicyclic amines) is 1. The number of imide groups is 1. The molecule has 0 bridgehead atoms. The lowest BCUT2D eigenvalue weighted by Gasteiger charge is -2.36. The molecular weight excluding hydrogens is 336 g/mol. The van der Waals surface area contributed by atoms with E-state index in [9.17, 15) is 14.4 Å². The highest BCUT2D eigenvalue weighted by molar-refractivity contribution is 6.22. The first-order valence-electron chi connectivity index (χ1n) is 8.63. The number of nitrogens with two attached hydrogens (primary N) is 2. The van der Waals surface area contributed by atoms with Gasteiger partial charge in [0.2, 0.25) is 0 Å². The number of rotatable bonds is 1. The molecule has 2 heterocycles. The summed E-state index contributed by atoms with van der Waals surface area (Å²) in [4.78, 5) is 40.4. The third-order valence-corrected chi connectivity index (χ3v) is 4.60. The molecular formula is C18H24N4O4. The minimum Gasteiger partial charge on any atom is -0.444 e. The average Bonchev–Trinajstić information content (AvgIpc) is 2.78. The fraction of sp³-hybridized carbons (Fsp3) is 0.500. The Balaban J connectivity index is 1.70. The summed E-state index contributed by atoms with van der Waals surface area (Å²) in [6.07, 6.45) is 0.643. The van der Waals surface area contributed by atoms with Gasteiger partial charge in [0.1, 0.15) is 5.60 Å². The summed E-state index contributed by atoms with van der Waals surface area (Å²) in [6, 6.07) is 2.66. The highest BCUT2D eigenvalue weighted by Crippen LogP contribution is 2.32. The van der Waals surface area contributed by atoms with Gasteiger partial charge in [-0.2, -0.15) is 0 Å². The van der Waals surface area contributed by atoms with Gasteiger partial charge in [0.05, 0.1) is 22.5 Å². The maximum atomic E-state index is 12.7. The SMILES string of the molecule is CC(C)(C)OC(=O)N1CCC(N2C(=O)c3cc(N)c(N)cc3C2=O)CC1. The Hall–Kier alpha value is -2.77. The van der Waals surface area contributed by atoms with E-state index >= 15 is 0 Å². The van der Waals surface area contributed by atoms with Crippen molar-refractivity contribution in [3.8, 4) is 0 Å². The molecule has 2 aliphatic rings. The zero-order valence-corrected chi connectivity index (χ0v) is 15.2. The van der Waals surface area contributed by atoms with Crippen molar-refractivity contribution in [2.75, 3.05) is 24.6 Å². The van der Waals surface area contributed by atoms with E-state index in [1.807, 2.05) is 20.8 Å². The van der Waals surface area contributed by atoms with Gasteiger partial charge in [0.25, 0.3) is 11.8 Å². The Morgan fingerprint density at radius 2 is 1.50 bits per heavy atom. The number of anilines is 2. The molecule has 0 radical (unpaired) electrons. The molecule has 0 atom stereocenters. The van der Waals surface area contributed by atoms with Crippen LogP contribution in [0.15, 0.2) is 12.1 Å². The second-order valence-electron chi connectivity index (χ2n) is 7.71. The Morgan fingerprint density at radius 1 is 1.04 bits per heavy atom. The smallest absolute Gasteiger partial charge is 0.410 e. The quantitative estimate of drug-likeness (QED) is 0.583. The van der Waals surface area contributed by atoms with Crippen molar-refractivity contribution >= 4 is 29.3 Å². The predicted octanol–water partition coefficient (Wildman–Crippen LogP) is 1.85. The molecule has 1 saturated heterocycles. The van der Waals surface area contributed by atoms with Crippen LogP contribution in [0.2, 0.25) is 0 Å².